The topological polar surface area (TPSA) is 60.4 Å². The van der Waals surface area contributed by atoms with Gasteiger partial charge in [-0.1, -0.05) is 24.7 Å². The van der Waals surface area contributed by atoms with Crippen molar-refractivity contribution in [1.82, 2.24) is 10.3 Å². The Bertz CT molecular complexity index is 1070. The molecule has 1 aliphatic heterocycles. The van der Waals surface area contributed by atoms with E-state index in [4.69, 9.17) is 0 Å². The number of aliphatic hydroxyl groups is 1. The van der Waals surface area contributed by atoms with Gasteiger partial charge in [0, 0.05) is 48.7 Å². The number of rotatable bonds is 5. The first-order chi connectivity index (χ1) is 17.1. The molecule has 0 amide bonds. The van der Waals surface area contributed by atoms with Gasteiger partial charge in [0.15, 0.2) is 0 Å². The summed E-state index contributed by atoms with van der Waals surface area (Å²) in [6, 6.07) is 10.0. The molecule has 1 aliphatic carbocycles. The van der Waals surface area contributed by atoms with E-state index < -0.39 is 17.3 Å². The van der Waals surface area contributed by atoms with Crippen LogP contribution in [0.5, 0.6) is 0 Å². The Morgan fingerprint density at radius 3 is 2.42 bits per heavy atom. The van der Waals surface area contributed by atoms with Crippen molar-refractivity contribution < 1.29 is 18.3 Å². The average molecular weight is 501 g/mol. The summed E-state index contributed by atoms with van der Waals surface area (Å²) >= 11 is 0. The lowest BCUT2D eigenvalue weighted by Gasteiger charge is -2.40. The molecule has 1 aromatic heterocycles. The van der Waals surface area contributed by atoms with Crippen LogP contribution >= 0.6 is 0 Å². The molecule has 2 unspecified atom stereocenters. The van der Waals surface area contributed by atoms with Gasteiger partial charge in [-0.05, 0) is 75.9 Å². The zero-order valence-corrected chi connectivity index (χ0v) is 20.9. The average Bonchev–Trinajstić information content (AvgIpc) is 2.84. The van der Waals surface area contributed by atoms with E-state index in [-0.39, 0.29) is 18.1 Å². The van der Waals surface area contributed by atoms with Crippen molar-refractivity contribution in [2.24, 2.45) is 0 Å². The van der Waals surface area contributed by atoms with E-state index in [9.17, 15) is 18.3 Å². The van der Waals surface area contributed by atoms with E-state index in [0.717, 1.165) is 68.7 Å². The van der Waals surface area contributed by atoms with Crippen LogP contribution in [0.25, 0.3) is 0 Å². The fourth-order valence-corrected chi connectivity index (χ4v) is 5.02. The number of nitrogens with one attached hydrogen (secondary N) is 2. The van der Waals surface area contributed by atoms with Crippen LogP contribution < -0.4 is 15.5 Å². The standard InChI is InChI=1S/C28H35F3N4O/c1-27(2,36)15-13-20-14-16-32-26(18-20)34-25-8-4-3-7-24(25)33-22-6-5-17-35(19-22)23-11-9-21(10-12-23)28(29,30)31/h9-12,14,16,18,22,24-25,33,36H,3-8,17,19H2,1-2H3,(H,32,34)/t22?,24-,25?/m1/s1. The lowest BCUT2D eigenvalue weighted by molar-refractivity contribution is -0.137. The number of anilines is 2. The maximum atomic E-state index is 12.9. The van der Waals surface area contributed by atoms with Crippen molar-refractivity contribution in [2.45, 2.75) is 82.3 Å². The first kappa shape index (κ1) is 26.3. The summed E-state index contributed by atoms with van der Waals surface area (Å²) in [6.07, 6.45) is 3.86. The summed E-state index contributed by atoms with van der Waals surface area (Å²) in [5.74, 6) is 6.61. The van der Waals surface area contributed by atoms with Crippen LogP contribution in [0.2, 0.25) is 0 Å². The fraction of sp³-hybridized carbons (Fsp3) is 0.536. The van der Waals surface area contributed by atoms with Crippen molar-refractivity contribution in [2.75, 3.05) is 23.3 Å². The molecule has 3 N–H and O–H groups in total. The van der Waals surface area contributed by atoms with E-state index in [0.29, 0.717) is 0 Å². The zero-order chi connectivity index (χ0) is 25.8. The van der Waals surface area contributed by atoms with Gasteiger partial charge in [-0.25, -0.2) is 4.98 Å². The molecule has 1 saturated carbocycles. The third-order valence-corrected chi connectivity index (χ3v) is 6.80. The molecule has 5 nitrogen and oxygen atoms in total. The highest BCUT2D eigenvalue weighted by Crippen LogP contribution is 2.31. The Labute approximate surface area is 211 Å². The van der Waals surface area contributed by atoms with E-state index in [1.165, 1.54) is 12.1 Å². The van der Waals surface area contributed by atoms with Gasteiger partial charge in [0.05, 0.1) is 5.56 Å². The number of aromatic nitrogens is 1. The molecule has 36 heavy (non-hydrogen) atoms. The maximum absolute atomic E-state index is 12.9. The molecule has 0 radical (unpaired) electrons. The van der Waals surface area contributed by atoms with Crippen molar-refractivity contribution in [3.05, 3.63) is 53.7 Å². The van der Waals surface area contributed by atoms with E-state index in [1.807, 2.05) is 12.1 Å². The van der Waals surface area contributed by atoms with Crippen LogP contribution in [0.3, 0.4) is 0 Å². The van der Waals surface area contributed by atoms with Crippen molar-refractivity contribution in [1.29, 1.82) is 0 Å². The van der Waals surface area contributed by atoms with Crippen LogP contribution in [0.1, 0.15) is 63.5 Å². The normalized spacial score (nSPS) is 23.1. The molecule has 194 valence electrons. The van der Waals surface area contributed by atoms with Gasteiger partial charge < -0.3 is 20.6 Å². The summed E-state index contributed by atoms with van der Waals surface area (Å²) in [4.78, 5) is 6.66. The smallest absolute Gasteiger partial charge is 0.378 e. The molecule has 2 heterocycles. The van der Waals surface area contributed by atoms with Gasteiger partial charge in [-0.3, -0.25) is 0 Å². The van der Waals surface area contributed by atoms with E-state index in [2.05, 4.69) is 32.4 Å². The van der Waals surface area contributed by atoms with Crippen molar-refractivity contribution in [3.63, 3.8) is 0 Å². The molecule has 3 atom stereocenters. The van der Waals surface area contributed by atoms with Gasteiger partial charge in [0.2, 0.25) is 0 Å². The van der Waals surface area contributed by atoms with Crippen LogP contribution in [0.15, 0.2) is 42.6 Å². The van der Waals surface area contributed by atoms with Gasteiger partial charge in [0.25, 0.3) is 0 Å². The Kier molecular flexibility index (Phi) is 8.11. The number of nitrogens with zero attached hydrogens (tertiary/aromatic N) is 2. The number of piperidine rings is 1. The van der Waals surface area contributed by atoms with Crippen LogP contribution in [0.4, 0.5) is 24.7 Å². The minimum atomic E-state index is -4.32. The van der Waals surface area contributed by atoms with E-state index >= 15 is 0 Å². The summed E-state index contributed by atoms with van der Waals surface area (Å²) in [5.41, 5.74) is -0.0306. The Hall–Kier alpha value is -2.76. The van der Waals surface area contributed by atoms with Crippen molar-refractivity contribution >= 4 is 11.5 Å². The number of halogens is 3. The SMILES string of the molecule is CC(C)(O)C#Cc1ccnc(NC2CCCC[C@H]2NC2CCCN(c3ccc(C(F)(F)F)cc3)C2)c1. The van der Waals surface area contributed by atoms with E-state index in [1.54, 1.807) is 32.2 Å². The molecule has 2 aliphatic rings. The molecule has 1 aromatic carbocycles. The lowest BCUT2D eigenvalue weighted by Crippen LogP contribution is -2.55. The second-order valence-electron chi connectivity index (χ2n) is 10.4. The molecule has 4 rings (SSSR count). The second kappa shape index (κ2) is 11.1. The monoisotopic (exact) mass is 500 g/mol. The summed E-state index contributed by atoms with van der Waals surface area (Å²) in [7, 11) is 0. The summed E-state index contributed by atoms with van der Waals surface area (Å²) in [5, 5.41) is 17.3. The maximum Gasteiger partial charge on any atom is 0.416 e. The molecule has 8 heteroatoms. The quantitative estimate of drug-likeness (QED) is 0.493. The third-order valence-electron chi connectivity index (χ3n) is 6.80. The molecule has 0 spiro atoms. The van der Waals surface area contributed by atoms with Crippen LogP contribution in [-0.4, -0.2) is 46.9 Å². The van der Waals surface area contributed by atoms with Gasteiger partial charge >= 0.3 is 6.18 Å². The first-order valence-corrected chi connectivity index (χ1v) is 12.7. The molecule has 2 fully saturated rings. The molecule has 0 bridgehead atoms. The van der Waals surface area contributed by atoms with Gasteiger partial charge in [-0.2, -0.15) is 13.2 Å². The molecule has 2 aromatic rings. The Morgan fingerprint density at radius 1 is 1.00 bits per heavy atom. The minimum Gasteiger partial charge on any atom is -0.378 e. The third kappa shape index (κ3) is 7.37. The summed E-state index contributed by atoms with van der Waals surface area (Å²) in [6.45, 7) is 4.93. The molecule has 1 saturated heterocycles. The minimum absolute atomic E-state index is 0.227. The van der Waals surface area contributed by atoms with Crippen LogP contribution in [0, 0.1) is 11.8 Å². The number of hydrogen-bond donors (Lipinski definition) is 3. The second-order valence-corrected chi connectivity index (χ2v) is 10.4. The number of benzene rings is 1. The first-order valence-electron chi connectivity index (χ1n) is 12.7. The highest BCUT2D eigenvalue weighted by molar-refractivity contribution is 5.49. The number of pyridine rings is 1. The largest absolute Gasteiger partial charge is 0.416 e. The highest BCUT2D eigenvalue weighted by Gasteiger charge is 2.31. The van der Waals surface area contributed by atoms with Gasteiger partial charge in [0.1, 0.15) is 11.4 Å². The molecular formula is C28H35F3N4O. The van der Waals surface area contributed by atoms with Gasteiger partial charge in [-0.15, -0.1) is 0 Å². The highest BCUT2D eigenvalue weighted by atomic mass is 19.4. The van der Waals surface area contributed by atoms with Crippen LogP contribution in [-0.2, 0) is 6.18 Å². The van der Waals surface area contributed by atoms with Crippen molar-refractivity contribution in [3.8, 4) is 11.8 Å². The predicted molar refractivity (Wildman–Crippen MR) is 137 cm³/mol. The Balaban J connectivity index is 1.39. The zero-order valence-electron chi connectivity index (χ0n) is 20.9. The fourth-order valence-electron chi connectivity index (χ4n) is 5.02. The molecular weight excluding hydrogens is 465 g/mol. The predicted octanol–water partition coefficient (Wildman–Crippen LogP) is 5.20. The Morgan fingerprint density at radius 2 is 1.72 bits per heavy atom. The lowest BCUT2D eigenvalue weighted by atomic mass is 9.89. The number of hydrogen-bond acceptors (Lipinski definition) is 5. The summed E-state index contributed by atoms with van der Waals surface area (Å²) < 4.78 is 38.8. The number of alkyl halides is 3.